The minimum Gasteiger partial charge on any atom is -0.490 e. The SMILES string of the molecule is CN1CCC(Oc2ccc(C(=O)Nc3ccc(-c4ccc5cn[nH]c5c4)cc3)cc2C(F)(F)F)CC1. The number of piperidine rings is 1. The van der Waals surface area contributed by atoms with E-state index < -0.39 is 17.6 Å². The first-order valence-corrected chi connectivity index (χ1v) is 11.7. The summed E-state index contributed by atoms with van der Waals surface area (Å²) in [5.74, 6) is -0.870. The van der Waals surface area contributed by atoms with Crippen molar-refractivity contribution in [2.45, 2.75) is 25.1 Å². The first-order chi connectivity index (χ1) is 17.3. The van der Waals surface area contributed by atoms with Crippen LogP contribution in [0.4, 0.5) is 18.9 Å². The topological polar surface area (TPSA) is 70.2 Å². The number of aromatic nitrogens is 2. The van der Waals surface area contributed by atoms with E-state index in [9.17, 15) is 18.0 Å². The second-order valence-electron chi connectivity index (χ2n) is 9.03. The summed E-state index contributed by atoms with van der Waals surface area (Å²) < 4.78 is 47.1. The lowest BCUT2D eigenvalue weighted by Gasteiger charge is -2.30. The Hall–Kier alpha value is -3.85. The zero-order chi connectivity index (χ0) is 25.3. The Morgan fingerprint density at radius 3 is 2.47 bits per heavy atom. The van der Waals surface area contributed by atoms with Gasteiger partial charge >= 0.3 is 6.18 Å². The summed E-state index contributed by atoms with van der Waals surface area (Å²) >= 11 is 0. The van der Waals surface area contributed by atoms with Gasteiger partial charge in [0.05, 0.1) is 17.3 Å². The predicted octanol–water partition coefficient (Wildman–Crippen LogP) is 5.97. The lowest BCUT2D eigenvalue weighted by molar-refractivity contribution is -0.139. The molecule has 1 aromatic heterocycles. The molecule has 5 rings (SSSR count). The number of alkyl halides is 3. The van der Waals surface area contributed by atoms with E-state index in [1.54, 1.807) is 18.3 Å². The van der Waals surface area contributed by atoms with Gasteiger partial charge in [0.2, 0.25) is 0 Å². The van der Waals surface area contributed by atoms with Crippen LogP contribution < -0.4 is 10.1 Å². The molecule has 6 nitrogen and oxygen atoms in total. The van der Waals surface area contributed by atoms with Crippen molar-refractivity contribution in [2.75, 3.05) is 25.5 Å². The number of ether oxygens (including phenoxy) is 1. The number of aromatic amines is 1. The average molecular weight is 495 g/mol. The van der Waals surface area contributed by atoms with E-state index in [1.807, 2.05) is 37.4 Å². The quantitative estimate of drug-likeness (QED) is 0.359. The molecule has 1 aliphatic rings. The maximum absolute atomic E-state index is 13.8. The Morgan fingerprint density at radius 1 is 1.03 bits per heavy atom. The van der Waals surface area contributed by atoms with Crippen molar-refractivity contribution in [3.63, 3.8) is 0 Å². The third kappa shape index (κ3) is 5.21. The highest BCUT2D eigenvalue weighted by atomic mass is 19.4. The summed E-state index contributed by atoms with van der Waals surface area (Å²) in [4.78, 5) is 14.9. The van der Waals surface area contributed by atoms with Crippen molar-refractivity contribution in [3.05, 3.63) is 78.0 Å². The van der Waals surface area contributed by atoms with Crippen molar-refractivity contribution in [2.24, 2.45) is 0 Å². The fourth-order valence-electron chi connectivity index (χ4n) is 4.34. The number of nitrogens with one attached hydrogen (secondary N) is 2. The van der Waals surface area contributed by atoms with Gasteiger partial charge in [0.1, 0.15) is 11.9 Å². The number of likely N-dealkylation sites (tertiary alicyclic amines) is 1. The molecule has 0 saturated carbocycles. The van der Waals surface area contributed by atoms with E-state index in [0.29, 0.717) is 18.5 Å². The normalized spacial score (nSPS) is 15.2. The minimum atomic E-state index is -4.64. The Kier molecular flexibility index (Phi) is 6.40. The summed E-state index contributed by atoms with van der Waals surface area (Å²) in [7, 11) is 1.97. The molecule has 0 bridgehead atoms. The molecule has 186 valence electrons. The summed E-state index contributed by atoms with van der Waals surface area (Å²) in [6, 6.07) is 16.5. The maximum atomic E-state index is 13.8. The molecule has 0 aliphatic carbocycles. The number of halogens is 3. The molecule has 1 saturated heterocycles. The number of benzene rings is 3. The van der Waals surface area contributed by atoms with Crippen LogP contribution in [0.1, 0.15) is 28.8 Å². The largest absolute Gasteiger partial charge is 0.490 e. The number of fused-ring (bicyclic) bond motifs is 1. The van der Waals surface area contributed by atoms with Crippen molar-refractivity contribution >= 4 is 22.5 Å². The van der Waals surface area contributed by atoms with Crippen LogP contribution >= 0.6 is 0 Å². The summed E-state index contributed by atoms with van der Waals surface area (Å²) in [6.07, 6.45) is -1.87. The first kappa shape index (κ1) is 23.9. The van der Waals surface area contributed by atoms with E-state index in [-0.39, 0.29) is 17.4 Å². The molecular formula is C27H25F3N4O2. The lowest BCUT2D eigenvalue weighted by atomic mass is 10.0. The van der Waals surface area contributed by atoms with Crippen molar-refractivity contribution in [1.29, 1.82) is 0 Å². The molecule has 3 aromatic carbocycles. The van der Waals surface area contributed by atoms with Crippen LogP contribution in [0.25, 0.3) is 22.0 Å². The Morgan fingerprint density at radius 2 is 1.75 bits per heavy atom. The number of H-pyrrole nitrogens is 1. The third-order valence-corrected chi connectivity index (χ3v) is 6.42. The van der Waals surface area contributed by atoms with Gasteiger partial charge in [0, 0.05) is 29.7 Å². The van der Waals surface area contributed by atoms with Crippen molar-refractivity contribution in [1.82, 2.24) is 15.1 Å². The number of hydrogen-bond acceptors (Lipinski definition) is 4. The molecule has 2 heterocycles. The molecule has 0 spiro atoms. The van der Waals surface area contributed by atoms with Gasteiger partial charge in [0.15, 0.2) is 0 Å². The first-order valence-electron chi connectivity index (χ1n) is 11.7. The zero-order valence-electron chi connectivity index (χ0n) is 19.6. The predicted molar refractivity (Wildman–Crippen MR) is 132 cm³/mol. The van der Waals surface area contributed by atoms with Gasteiger partial charge in [-0.1, -0.05) is 24.3 Å². The summed E-state index contributed by atoms with van der Waals surface area (Å²) in [5.41, 5.74) is 2.25. The smallest absolute Gasteiger partial charge is 0.419 e. The lowest BCUT2D eigenvalue weighted by Crippen LogP contribution is -2.36. The summed E-state index contributed by atoms with van der Waals surface area (Å²) in [6.45, 7) is 1.53. The number of amides is 1. The fourth-order valence-corrected chi connectivity index (χ4v) is 4.34. The van der Waals surface area contributed by atoms with Gasteiger partial charge in [-0.05, 0) is 67.4 Å². The fraction of sp³-hybridized carbons (Fsp3) is 0.259. The van der Waals surface area contributed by atoms with E-state index in [2.05, 4.69) is 20.4 Å². The molecule has 2 N–H and O–H groups in total. The van der Waals surface area contributed by atoms with Crippen molar-refractivity contribution < 1.29 is 22.7 Å². The standard InChI is InChI=1S/C27H25F3N4O2/c1-34-12-10-22(11-13-34)36-25-9-6-19(14-23(25)27(28,29)30)26(35)32-21-7-4-17(5-8-21)18-2-3-20-16-31-33-24(20)15-18/h2-9,14-16,22H,10-13H2,1H3,(H,31,33)(H,32,35). The van der Waals surface area contributed by atoms with Crippen LogP contribution in [-0.4, -0.2) is 47.2 Å². The number of hydrogen-bond donors (Lipinski definition) is 2. The maximum Gasteiger partial charge on any atom is 0.419 e. The molecule has 1 amide bonds. The monoisotopic (exact) mass is 494 g/mol. The van der Waals surface area contributed by atoms with Crippen molar-refractivity contribution in [3.8, 4) is 16.9 Å². The molecule has 1 fully saturated rings. The van der Waals surface area contributed by atoms with E-state index in [1.165, 1.54) is 12.1 Å². The van der Waals surface area contributed by atoms with Crippen LogP contribution in [0, 0.1) is 0 Å². The van der Waals surface area contributed by atoms with E-state index in [4.69, 9.17) is 4.74 Å². The minimum absolute atomic E-state index is 0.0909. The number of anilines is 1. The molecule has 0 radical (unpaired) electrons. The molecular weight excluding hydrogens is 469 g/mol. The highest BCUT2D eigenvalue weighted by Crippen LogP contribution is 2.38. The number of rotatable bonds is 5. The van der Waals surface area contributed by atoms with Gasteiger partial charge in [0.25, 0.3) is 5.91 Å². The Bertz CT molecular complexity index is 1370. The number of carbonyl (C=O) groups excluding carboxylic acids is 1. The van der Waals surface area contributed by atoms with Crippen LogP contribution in [0.2, 0.25) is 0 Å². The van der Waals surface area contributed by atoms with E-state index in [0.717, 1.165) is 41.2 Å². The van der Waals surface area contributed by atoms with Gasteiger partial charge in [-0.3, -0.25) is 9.89 Å². The van der Waals surface area contributed by atoms with Crippen LogP contribution in [0.5, 0.6) is 5.75 Å². The molecule has 9 heteroatoms. The second-order valence-corrected chi connectivity index (χ2v) is 9.03. The molecule has 0 atom stereocenters. The molecule has 4 aromatic rings. The third-order valence-electron chi connectivity index (χ3n) is 6.42. The summed E-state index contributed by atoms with van der Waals surface area (Å²) in [5, 5.41) is 10.6. The number of carbonyl (C=O) groups is 1. The number of nitrogens with zero attached hydrogens (tertiary/aromatic N) is 2. The zero-order valence-corrected chi connectivity index (χ0v) is 19.6. The van der Waals surface area contributed by atoms with E-state index >= 15 is 0 Å². The highest BCUT2D eigenvalue weighted by molar-refractivity contribution is 6.04. The molecule has 36 heavy (non-hydrogen) atoms. The van der Waals surface area contributed by atoms with Gasteiger partial charge in [-0.2, -0.15) is 18.3 Å². The van der Waals surface area contributed by atoms with Crippen LogP contribution in [0.15, 0.2) is 66.9 Å². The Labute approximate surface area is 206 Å². The second kappa shape index (κ2) is 9.66. The highest BCUT2D eigenvalue weighted by Gasteiger charge is 2.36. The van der Waals surface area contributed by atoms with Gasteiger partial charge in [-0.15, -0.1) is 0 Å². The average Bonchev–Trinajstić information content (AvgIpc) is 3.33. The molecule has 0 unspecified atom stereocenters. The molecule has 1 aliphatic heterocycles. The van der Waals surface area contributed by atoms with Crippen LogP contribution in [0.3, 0.4) is 0 Å². The van der Waals surface area contributed by atoms with Gasteiger partial charge < -0.3 is 15.0 Å². The van der Waals surface area contributed by atoms with Crippen LogP contribution in [-0.2, 0) is 6.18 Å². The Balaban J connectivity index is 1.31. The van der Waals surface area contributed by atoms with Gasteiger partial charge in [-0.25, -0.2) is 0 Å².